The van der Waals surface area contributed by atoms with E-state index in [2.05, 4.69) is 5.32 Å². The SMILES string of the molecule is CCNCc1cc(F)c(Sc2ccc(F)cc2F)c(F)c1. The maximum absolute atomic E-state index is 13.9. The van der Waals surface area contributed by atoms with Crippen LogP contribution in [0.3, 0.4) is 0 Å². The van der Waals surface area contributed by atoms with Crippen LogP contribution in [0.4, 0.5) is 17.6 Å². The minimum Gasteiger partial charge on any atom is -0.313 e. The standard InChI is InChI=1S/C15H13F4NS/c1-2-20-8-9-5-12(18)15(13(19)6-9)21-14-4-3-10(16)7-11(14)17/h3-7,20H,2,8H2,1H3. The van der Waals surface area contributed by atoms with Gasteiger partial charge in [-0.1, -0.05) is 18.7 Å². The van der Waals surface area contributed by atoms with Gasteiger partial charge in [0.05, 0.1) is 4.90 Å². The highest BCUT2D eigenvalue weighted by Gasteiger charge is 2.15. The molecular weight excluding hydrogens is 302 g/mol. The Morgan fingerprint density at radius 1 is 0.952 bits per heavy atom. The van der Waals surface area contributed by atoms with Crippen molar-refractivity contribution < 1.29 is 17.6 Å². The average Bonchev–Trinajstić information content (AvgIpc) is 2.42. The van der Waals surface area contributed by atoms with Crippen molar-refractivity contribution >= 4 is 11.8 Å². The predicted octanol–water partition coefficient (Wildman–Crippen LogP) is 4.50. The quantitative estimate of drug-likeness (QED) is 0.815. The summed E-state index contributed by atoms with van der Waals surface area (Å²) in [6.07, 6.45) is 0. The van der Waals surface area contributed by atoms with Crippen LogP contribution in [-0.4, -0.2) is 6.54 Å². The van der Waals surface area contributed by atoms with E-state index in [-0.39, 0.29) is 9.79 Å². The van der Waals surface area contributed by atoms with Crippen LogP contribution in [0.15, 0.2) is 40.1 Å². The van der Waals surface area contributed by atoms with Crippen molar-refractivity contribution in [3.8, 4) is 0 Å². The fraction of sp³-hybridized carbons (Fsp3) is 0.200. The fourth-order valence-electron chi connectivity index (χ4n) is 1.75. The number of rotatable bonds is 5. The molecule has 0 fully saturated rings. The minimum atomic E-state index is -0.851. The predicted molar refractivity (Wildman–Crippen MR) is 74.2 cm³/mol. The molecule has 1 N–H and O–H groups in total. The lowest BCUT2D eigenvalue weighted by molar-refractivity contribution is 0.534. The molecule has 0 unspecified atom stereocenters. The van der Waals surface area contributed by atoms with Crippen molar-refractivity contribution in [3.05, 3.63) is 59.2 Å². The second-order valence-electron chi connectivity index (χ2n) is 4.35. The molecule has 0 aliphatic carbocycles. The summed E-state index contributed by atoms with van der Waals surface area (Å²) in [7, 11) is 0. The molecule has 0 spiro atoms. The Morgan fingerprint density at radius 2 is 1.62 bits per heavy atom. The first-order chi connectivity index (χ1) is 10.0. The Kier molecular flexibility index (Phi) is 5.25. The Bertz CT molecular complexity index is 623. The third kappa shape index (κ3) is 3.98. The number of nitrogens with one attached hydrogen (secondary N) is 1. The van der Waals surface area contributed by atoms with Crippen LogP contribution in [0.1, 0.15) is 12.5 Å². The molecule has 0 atom stereocenters. The van der Waals surface area contributed by atoms with Gasteiger partial charge in [0.25, 0.3) is 0 Å². The summed E-state index contributed by atoms with van der Waals surface area (Å²) in [6, 6.07) is 5.28. The number of benzene rings is 2. The zero-order chi connectivity index (χ0) is 15.4. The monoisotopic (exact) mass is 315 g/mol. The van der Waals surface area contributed by atoms with Crippen LogP contribution >= 0.6 is 11.8 Å². The van der Waals surface area contributed by atoms with E-state index >= 15 is 0 Å². The van der Waals surface area contributed by atoms with Gasteiger partial charge in [0.2, 0.25) is 0 Å². The molecular formula is C15H13F4NS. The van der Waals surface area contributed by atoms with Crippen molar-refractivity contribution in [1.82, 2.24) is 5.32 Å². The Balaban J connectivity index is 2.27. The Labute approximate surface area is 124 Å². The highest BCUT2D eigenvalue weighted by molar-refractivity contribution is 7.99. The van der Waals surface area contributed by atoms with E-state index in [4.69, 9.17) is 0 Å². The lowest BCUT2D eigenvalue weighted by atomic mass is 10.2. The van der Waals surface area contributed by atoms with Gasteiger partial charge in [-0.25, -0.2) is 17.6 Å². The fourth-order valence-corrected chi connectivity index (χ4v) is 2.57. The second-order valence-corrected chi connectivity index (χ2v) is 5.40. The molecule has 21 heavy (non-hydrogen) atoms. The number of hydrogen-bond donors (Lipinski definition) is 1. The van der Waals surface area contributed by atoms with Gasteiger partial charge in [0.1, 0.15) is 23.3 Å². The van der Waals surface area contributed by atoms with E-state index in [9.17, 15) is 17.6 Å². The molecule has 1 nitrogen and oxygen atoms in total. The van der Waals surface area contributed by atoms with Gasteiger partial charge in [0, 0.05) is 17.5 Å². The minimum absolute atomic E-state index is 0.0337. The zero-order valence-corrected chi connectivity index (χ0v) is 12.0. The van der Waals surface area contributed by atoms with Crippen LogP contribution in [0.5, 0.6) is 0 Å². The van der Waals surface area contributed by atoms with Crippen LogP contribution in [-0.2, 0) is 6.54 Å². The lowest BCUT2D eigenvalue weighted by Crippen LogP contribution is -2.12. The summed E-state index contributed by atoms with van der Waals surface area (Å²) < 4.78 is 54.2. The van der Waals surface area contributed by atoms with Gasteiger partial charge < -0.3 is 5.32 Å². The maximum atomic E-state index is 13.9. The van der Waals surface area contributed by atoms with E-state index < -0.39 is 23.3 Å². The number of halogens is 4. The van der Waals surface area contributed by atoms with E-state index in [1.807, 2.05) is 6.92 Å². The summed E-state index contributed by atoms with van der Waals surface area (Å²) in [4.78, 5) is -0.339. The van der Waals surface area contributed by atoms with Gasteiger partial charge >= 0.3 is 0 Å². The Morgan fingerprint density at radius 3 is 2.19 bits per heavy atom. The number of hydrogen-bond acceptors (Lipinski definition) is 2. The molecule has 0 saturated heterocycles. The molecule has 0 aliphatic heterocycles. The lowest BCUT2D eigenvalue weighted by Gasteiger charge is -2.09. The first-order valence-electron chi connectivity index (χ1n) is 6.32. The first-order valence-corrected chi connectivity index (χ1v) is 7.14. The van der Waals surface area contributed by atoms with Gasteiger partial charge in [-0.2, -0.15) is 0 Å². The highest BCUT2D eigenvalue weighted by atomic mass is 32.2. The first kappa shape index (κ1) is 15.9. The van der Waals surface area contributed by atoms with Crippen LogP contribution in [0.25, 0.3) is 0 Å². The van der Waals surface area contributed by atoms with Gasteiger partial charge in [0.15, 0.2) is 0 Å². The van der Waals surface area contributed by atoms with Crippen molar-refractivity contribution in [2.24, 2.45) is 0 Å². The van der Waals surface area contributed by atoms with Crippen LogP contribution in [0.2, 0.25) is 0 Å². The maximum Gasteiger partial charge on any atom is 0.140 e. The van der Waals surface area contributed by atoms with Gasteiger partial charge in [-0.05, 0) is 36.4 Å². The molecule has 2 aromatic carbocycles. The van der Waals surface area contributed by atoms with E-state index in [1.165, 1.54) is 12.1 Å². The molecule has 0 aliphatic rings. The highest BCUT2D eigenvalue weighted by Crippen LogP contribution is 2.34. The molecule has 0 bridgehead atoms. The summed E-state index contributed by atoms with van der Waals surface area (Å²) in [5.74, 6) is -3.12. The molecule has 0 radical (unpaired) electrons. The molecule has 0 heterocycles. The van der Waals surface area contributed by atoms with E-state index in [0.29, 0.717) is 36.5 Å². The van der Waals surface area contributed by atoms with Gasteiger partial charge in [-0.15, -0.1) is 0 Å². The summed E-state index contributed by atoms with van der Waals surface area (Å²) in [6.45, 7) is 2.91. The van der Waals surface area contributed by atoms with E-state index in [1.54, 1.807) is 0 Å². The van der Waals surface area contributed by atoms with Crippen molar-refractivity contribution in [1.29, 1.82) is 0 Å². The van der Waals surface area contributed by atoms with Gasteiger partial charge in [-0.3, -0.25) is 0 Å². The summed E-state index contributed by atoms with van der Waals surface area (Å²) in [5, 5.41) is 2.96. The van der Waals surface area contributed by atoms with Crippen LogP contribution < -0.4 is 5.32 Å². The average molecular weight is 315 g/mol. The topological polar surface area (TPSA) is 12.0 Å². The molecule has 6 heteroatoms. The smallest absolute Gasteiger partial charge is 0.140 e. The normalized spacial score (nSPS) is 10.9. The Hall–Kier alpha value is -1.53. The third-order valence-corrected chi connectivity index (χ3v) is 3.89. The molecule has 2 rings (SSSR count). The van der Waals surface area contributed by atoms with Crippen molar-refractivity contribution in [2.45, 2.75) is 23.3 Å². The third-order valence-electron chi connectivity index (χ3n) is 2.74. The summed E-state index contributed by atoms with van der Waals surface area (Å²) >= 11 is 0.597. The largest absolute Gasteiger partial charge is 0.313 e. The second kappa shape index (κ2) is 6.95. The van der Waals surface area contributed by atoms with Crippen molar-refractivity contribution in [2.75, 3.05) is 6.54 Å². The molecule has 0 saturated carbocycles. The molecule has 112 valence electrons. The molecule has 0 amide bonds. The van der Waals surface area contributed by atoms with Crippen LogP contribution in [0, 0.1) is 23.3 Å². The molecule has 2 aromatic rings. The zero-order valence-electron chi connectivity index (χ0n) is 11.2. The summed E-state index contributed by atoms with van der Waals surface area (Å²) in [5.41, 5.74) is 0.468. The van der Waals surface area contributed by atoms with E-state index in [0.717, 1.165) is 12.1 Å². The molecule has 0 aromatic heterocycles. The van der Waals surface area contributed by atoms with Crippen molar-refractivity contribution in [3.63, 3.8) is 0 Å².